The molecule has 0 amide bonds. The molecular formula is C21H30O4. The first-order valence-corrected chi connectivity index (χ1v) is 9.88. The standard InChI is InChI=1S/C21H30O4/c1-20-8-6-15-13(14(20)3-4-16(20)19(25)11-22)10-18(24)17-9-12(23)5-7-21(15,17)2/h9,13-16,18,22,24H,3-8,10-11H2,1-2H3/t13-,14-,15-,16+,18+,20-,21+/m0/s1. The second-order valence-electron chi connectivity index (χ2n) is 9.41. The highest BCUT2D eigenvalue weighted by molar-refractivity contribution is 5.92. The maximum atomic E-state index is 12.3. The molecule has 4 heteroatoms. The third kappa shape index (κ3) is 2.33. The summed E-state index contributed by atoms with van der Waals surface area (Å²) in [4.78, 5) is 24.2. The van der Waals surface area contributed by atoms with E-state index in [1.54, 1.807) is 6.08 Å². The molecule has 0 unspecified atom stereocenters. The molecule has 3 saturated carbocycles. The van der Waals surface area contributed by atoms with Crippen LogP contribution in [-0.4, -0.2) is 34.5 Å². The van der Waals surface area contributed by atoms with Crippen molar-refractivity contribution in [3.63, 3.8) is 0 Å². The van der Waals surface area contributed by atoms with Gasteiger partial charge in [0, 0.05) is 12.3 Å². The Morgan fingerprint density at radius 2 is 1.96 bits per heavy atom. The molecule has 3 fully saturated rings. The van der Waals surface area contributed by atoms with E-state index in [0.717, 1.165) is 44.1 Å². The van der Waals surface area contributed by atoms with E-state index in [1.807, 2.05) is 0 Å². The Hall–Kier alpha value is -1.00. The first-order valence-electron chi connectivity index (χ1n) is 9.88. The van der Waals surface area contributed by atoms with Crippen LogP contribution in [0.5, 0.6) is 0 Å². The summed E-state index contributed by atoms with van der Waals surface area (Å²) in [6.45, 7) is 4.14. The fraction of sp³-hybridized carbons (Fsp3) is 0.810. The average molecular weight is 346 g/mol. The molecule has 4 nitrogen and oxygen atoms in total. The minimum Gasteiger partial charge on any atom is -0.389 e. The molecule has 4 aliphatic rings. The van der Waals surface area contributed by atoms with Crippen molar-refractivity contribution >= 4 is 11.6 Å². The lowest BCUT2D eigenvalue weighted by Crippen LogP contribution is -2.54. The Morgan fingerprint density at radius 3 is 2.68 bits per heavy atom. The van der Waals surface area contributed by atoms with E-state index >= 15 is 0 Å². The molecule has 0 spiro atoms. The Bertz CT molecular complexity index is 638. The normalized spacial score (nSPS) is 49.0. The van der Waals surface area contributed by atoms with Crippen molar-refractivity contribution in [3.8, 4) is 0 Å². The van der Waals surface area contributed by atoms with Crippen molar-refractivity contribution in [2.24, 2.45) is 34.5 Å². The number of Topliss-reactive ketones (excluding diaryl/α,β-unsaturated/α-hetero) is 1. The van der Waals surface area contributed by atoms with Gasteiger partial charge in [0.05, 0.1) is 6.10 Å². The molecule has 0 aromatic rings. The lowest BCUT2D eigenvalue weighted by atomic mass is 9.46. The average Bonchev–Trinajstić information content (AvgIpc) is 2.93. The van der Waals surface area contributed by atoms with Gasteiger partial charge in [0.15, 0.2) is 11.6 Å². The van der Waals surface area contributed by atoms with Gasteiger partial charge < -0.3 is 10.2 Å². The highest BCUT2D eigenvalue weighted by Crippen LogP contribution is 2.66. The molecule has 0 heterocycles. The molecule has 25 heavy (non-hydrogen) atoms. The Balaban J connectivity index is 1.68. The van der Waals surface area contributed by atoms with Crippen LogP contribution >= 0.6 is 0 Å². The zero-order valence-electron chi connectivity index (χ0n) is 15.3. The van der Waals surface area contributed by atoms with Gasteiger partial charge in [-0.3, -0.25) is 9.59 Å². The molecule has 0 bridgehead atoms. The molecule has 0 saturated heterocycles. The van der Waals surface area contributed by atoms with Crippen LogP contribution in [0.2, 0.25) is 0 Å². The monoisotopic (exact) mass is 346 g/mol. The summed E-state index contributed by atoms with van der Waals surface area (Å²) in [6.07, 6.45) is 7.33. The van der Waals surface area contributed by atoms with Gasteiger partial charge in [0.25, 0.3) is 0 Å². The van der Waals surface area contributed by atoms with Crippen LogP contribution in [0.1, 0.15) is 58.8 Å². The molecule has 2 N–H and O–H groups in total. The van der Waals surface area contributed by atoms with E-state index in [0.29, 0.717) is 24.2 Å². The summed E-state index contributed by atoms with van der Waals surface area (Å²) in [5.74, 6) is 1.47. The molecule has 4 rings (SSSR count). The molecule has 0 radical (unpaired) electrons. The van der Waals surface area contributed by atoms with Crippen molar-refractivity contribution in [1.29, 1.82) is 0 Å². The zero-order valence-corrected chi connectivity index (χ0v) is 15.3. The van der Waals surface area contributed by atoms with E-state index in [4.69, 9.17) is 0 Å². The van der Waals surface area contributed by atoms with Crippen molar-refractivity contribution < 1.29 is 19.8 Å². The van der Waals surface area contributed by atoms with E-state index in [1.165, 1.54) is 0 Å². The fourth-order valence-electron chi connectivity index (χ4n) is 7.25. The maximum absolute atomic E-state index is 12.3. The van der Waals surface area contributed by atoms with Crippen LogP contribution < -0.4 is 0 Å². The van der Waals surface area contributed by atoms with Gasteiger partial charge >= 0.3 is 0 Å². The molecule has 0 aromatic heterocycles. The Morgan fingerprint density at radius 1 is 1.20 bits per heavy atom. The smallest absolute Gasteiger partial charge is 0.161 e. The number of hydrogen-bond acceptors (Lipinski definition) is 4. The maximum Gasteiger partial charge on any atom is 0.161 e. The minimum absolute atomic E-state index is 0.00475. The Labute approximate surface area is 149 Å². The van der Waals surface area contributed by atoms with E-state index < -0.39 is 6.10 Å². The summed E-state index contributed by atoms with van der Waals surface area (Å²) in [6, 6.07) is 0. The van der Waals surface area contributed by atoms with Crippen LogP contribution in [-0.2, 0) is 9.59 Å². The third-order valence-electron chi connectivity index (χ3n) is 8.52. The first kappa shape index (κ1) is 17.4. The number of hydrogen-bond donors (Lipinski definition) is 2. The van der Waals surface area contributed by atoms with Gasteiger partial charge in [-0.2, -0.15) is 0 Å². The molecule has 0 aliphatic heterocycles. The van der Waals surface area contributed by atoms with Gasteiger partial charge in [-0.05, 0) is 78.8 Å². The summed E-state index contributed by atoms with van der Waals surface area (Å²) >= 11 is 0. The van der Waals surface area contributed by atoms with E-state index in [2.05, 4.69) is 13.8 Å². The number of carbonyl (C=O) groups excluding carboxylic acids is 2. The lowest BCUT2D eigenvalue weighted by molar-refractivity contribution is -0.134. The second-order valence-corrected chi connectivity index (χ2v) is 9.41. The Kier molecular flexibility index (Phi) is 4.01. The van der Waals surface area contributed by atoms with E-state index in [9.17, 15) is 19.8 Å². The minimum atomic E-state index is -0.523. The molecule has 4 aliphatic carbocycles. The third-order valence-corrected chi connectivity index (χ3v) is 8.52. The van der Waals surface area contributed by atoms with Crippen molar-refractivity contribution in [2.75, 3.05) is 6.61 Å². The van der Waals surface area contributed by atoms with Crippen LogP contribution in [0.4, 0.5) is 0 Å². The number of fused-ring (bicyclic) bond motifs is 5. The topological polar surface area (TPSA) is 74.6 Å². The summed E-state index contributed by atoms with van der Waals surface area (Å²) < 4.78 is 0. The number of carbonyl (C=O) groups is 2. The summed E-state index contributed by atoms with van der Waals surface area (Å²) in [5, 5.41) is 20.2. The predicted octanol–water partition coefficient (Wildman–Crippen LogP) is 2.67. The highest BCUT2D eigenvalue weighted by atomic mass is 16.3. The van der Waals surface area contributed by atoms with Crippen LogP contribution in [0.3, 0.4) is 0 Å². The summed E-state index contributed by atoms with van der Waals surface area (Å²) in [5.41, 5.74) is 0.856. The van der Waals surface area contributed by atoms with Crippen molar-refractivity contribution in [2.45, 2.75) is 64.9 Å². The van der Waals surface area contributed by atoms with Crippen LogP contribution in [0, 0.1) is 34.5 Å². The first-order chi connectivity index (χ1) is 11.8. The van der Waals surface area contributed by atoms with Gasteiger partial charge in [-0.15, -0.1) is 0 Å². The van der Waals surface area contributed by atoms with Crippen LogP contribution in [0.15, 0.2) is 11.6 Å². The summed E-state index contributed by atoms with van der Waals surface area (Å²) in [7, 11) is 0. The lowest BCUT2D eigenvalue weighted by Gasteiger charge is -2.59. The zero-order chi connectivity index (χ0) is 18.0. The molecule has 0 aromatic carbocycles. The second kappa shape index (κ2) is 5.75. The van der Waals surface area contributed by atoms with Gasteiger partial charge in [-0.1, -0.05) is 13.8 Å². The van der Waals surface area contributed by atoms with E-state index in [-0.39, 0.29) is 34.9 Å². The van der Waals surface area contributed by atoms with Gasteiger partial charge in [0.1, 0.15) is 6.61 Å². The molecular weight excluding hydrogens is 316 g/mol. The highest BCUT2D eigenvalue weighted by Gasteiger charge is 2.61. The number of aliphatic hydroxyl groups excluding tert-OH is 2. The molecule has 7 atom stereocenters. The molecule has 138 valence electrons. The number of ketones is 2. The fourth-order valence-corrected chi connectivity index (χ4v) is 7.25. The van der Waals surface area contributed by atoms with Crippen molar-refractivity contribution in [1.82, 2.24) is 0 Å². The van der Waals surface area contributed by atoms with Crippen molar-refractivity contribution in [3.05, 3.63) is 11.6 Å². The predicted molar refractivity (Wildman–Crippen MR) is 93.7 cm³/mol. The van der Waals surface area contributed by atoms with Crippen LogP contribution in [0.25, 0.3) is 0 Å². The number of aliphatic hydroxyl groups is 2. The van der Waals surface area contributed by atoms with Gasteiger partial charge in [0.2, 0.25) is 0 Å². The number of rotatable bonds is 2. The quantitative estimate of drug-likeness (QED) is 0.806. The largest absolute Gasteiger partial charge is 0.389 e. The van der Waals surface area contributed by atoms with Gasteiger partial charge in [-0.25, -0.2) is 0 Å². The SMILES string of the molecule is C[C@]12CC[C@H]3[C@@H](C[C@@H](O)C4=CC(=O)CC[C@@]43C)[C@@H]1CC[C@@H]2C(=O)CO.